The molecule has 4 rings (SSSR count). The van der Waals surface area contributed by atoms with Gasteiger partial charge in [0.25, 0.3) is 0 Å². The summed E-state index contributed by atoms with van der Waals surface area (Å²) in [5.74, 6) is -0.813. The lowest BCUT2D eigenvalue weighted by atomic mass is 9.63. The lowest BCUT2D eigenvalue weighted by Gasteiger charge is -2.46. The molecule has 2 fully saturated rings. The Bertz CT molecular complexity index is 854. The number of hydrogen-bond donors (Lipinski definition) is 1. The fourth-order valence-corrected chi connectivity index (χ4v) is 4.47. The first-order valence-corrected chi connectivity index (χ1v) is 9.02. The van der Waals surface area contributed by atoms with Gasteiger partial charge in [-0.2, -0.15) is 0 Å². The topological polar surface area (TPSA) is 46.2 Å². The van der Waals surface area contributed by atoms with Gasteiger partial charge in [-0.15, -0.1) is 0 Å². The molecule has 2 aliphatic rings. The summed E-state index contributed by atoms with van der Waals surface area (Å²) in [5, 5.41) is 3.19. The summed E-state index contributed by atoms with van der Waals surface area (Å²) in [6.07, 6.45) is 0.962. The van der Waals surface area contributed by atoms with Crippen molar-refractivity contribution in [2.45, 2.75) is 32.6 Å². The zero-order valence-corrected chi connectivity index (χ0v) is 15.1. The number of ketones is 2. The Morgan fingerprint density at radius 1 is 0.923 bits per heavy atom. The molecule has 1 aliphatic heterocycles. The van der Waals surface area contributed by atoms with Crippen LogP contribution in [0.3, 0.4) is 0 Å². The van der Waals surface area contributed by atoms with Gasteiger partial charge in [-0.25, -0.2) is 4.39 Å². The number of carbonyl (C=O) groups is 2. The van der Waals surface area contributed by atoms with E-state index in [9.17, 15) is 14.0 Å². The van der Waals surface area contributed by atoms with Crippen molar-refractivity contribution < 1.29 is 14.0 Å². The third-order valence-electron chi connectivity index (χ3n) is 5.80. The van der Waals surface area contributed by atoms with Gasteiger partial charge in [0.05, 0.1) is 0 Å². The summed E-state index contributed by atoms with van der Waals surface area (Å²) in [5.41, 5.74) is 4.50. The van der Waals surface area contributed by atoms with Crippen LogP contribution in [0.5, 0.6) is 0 Å². The molecule has 0 bridgehead atoms. The van der Waals surface area contributed by atoms with Crippen LogP contribution in [0.15, 0.2) is 36.4 Å². The Hall–Kier alpha value is -2.33. The third kappa shape index (κ3) is 2.78. The molecule has 0 atom stereocenters. The molecule has 0 unspecified atom stereocenters. The Balaban J connectivity index is 1.70. The summed E-state index contributed by atoms with van der Waals surface area (Å²) in [7, 11) is 0. The van der Waals surface area contributed by atoms with E-state index >= 15 is 0 Å². The van der Waals surface area contributed by atoms with Crippen molar-refractivity contribution in [3.8, 4) is 11.1 Å². The summed E-state index contributed by atoms with van der Waals surface area (Å²) in [6.45, 7) is 5.42. The number of aryl methyl sites for hydroxylation is 2. The molecular weight excluding hydrogens is 329 g/mol. The van der Waals surface area contributed by atoms with E-state index in [4.69, 9.17) is 0 Å². The highest BCUT2D eigenvalue weighted by molar-refractivity contribution is 6.11. The predicted molar refractivity (Wildman–Crippen MR) is 98.6 cm³/mol. The predicted octanol–water partition coefficient (Wildman–Crippen LogP) is 3.71. The summed E-state index contributed by atoms with van der Waals surface area (Å²) < 4.78 is 13.2. The van der Waals surface area contributed by atoms with E-state index in [1.54, 1.807) is 12.1 Å². The summed E-state index contributed by atoms with van der Waals surface area (Å²) in [6, 6.07) is 10.3. The normalized spacial score (nSPS) is 19.7. The molecular formula is C22H22FNO2. The van der Waals surface area contributed by atoms with Gasteiger partial charge in [0.15, 0.2) is 0 Å². The lowest BCUT2D eigenvalue weighted by molar-refractivity contribution is -0.138. The Morgan fingerprint density at radius 2 is 1.46 bits per heavy atom. The SMILES string of the molecule is Cc1cc(-c2ccc(F)cc2)cc(C)c1C1C(=O)CC2(CNC2)CC1=O. The zero-order chi connectivity index (χ0) is 18.5. The molecule has 0 aromatic heterocycles. The van der Waals surface area contributed by atoms with E-state index in [1.165, 1.54) is 12.1 Å². The molecule has 1 spiro atoms. The van der Waals surface area contributed by atoms with Gasteiger partial charge in [-0.05, 0) is 53.8 Å². The fourth-order valence-electron chi connectivity index (χ4n) is 4.47. The van der Waals surface area contributed by atoms with Crippen LogP contribution < -0.4 is 5.32 Å². The van der Waals surface area contributed by atoms with Gasteiger partial charge in [0.2, 0.25) is 0 Å². The molecule has 1 aliphatic carbocycles. The number of Topliss-reactive ketones (excluding diaryl/α,β-unsaturated/α-hetero) is 2. The number of rotatable bonds is 2. The number of nitrogens with one attached hydrogen (secondary N) is 1. The highest BCUT2D eigenvalue weighted by atomic mass is 19.1. The summed E-state index contributed by atoms with van der Waals surface area (Å²) in [4.78, 5) is 25.6. The van der Waals surface area contributed by atoms with Crippen LogP contribution in [0.4, 0.5) is 4.39 Å². The number of hydrogen-bond acceptors (Lipinski definition) is 3. The summed E-state index contributed by atoms with van der Waals surface area (Å²) >= 11 is 0. The second kappa shape index (κ2) is 6.13. The van der Waals surface area contributed by atoms with Crippen molar-refractivity contribution in [3.05, 3.63) is 58.9 Å². The minimum absolute atomic E-state index is 0.0449. The van der Waals surface area contributed by atoms with Crippen LogP contribution in [0, 0.1) is 25.1 Å². The smallest absolute Gasteiger partial charge is 0.148 e. The molecule has 0 radical (unpaired) electrons. The van der Waals surface area contributed by atoms with Crippen molar-refractivity contribution >= 4 is 11.6 Å². The van der Waals surface area contributed by atoms with Gasteiger partial charge in [0.1, 0.15) is 23.3 Å². The van der Waals surface area contributed by atoms with Gasteiger partial charge in [0, 0.05) is 31.3 Å². The van der Waals surface area contributed by atoms with Crippen LogP contribution in [-0.4, -0.2) is 24.7 Å². The van der Waals surface area contributed by atoms with Gasteiger partial charge in [-0.3, -0.25) is 9.59 Å². The molecule has 1 N–H and O–H groups in total. The molecule has 2 aromatic rings. The first-order valence-electron chi connectivity index (χ1n) is 9.02. The average Bonchev–Trinajstić information content (AvgIpc) is 2.55. The van der Waals surface area contributed by atoms with Gasteiger partial charge >= 0.3 is 0 Å². The van der Waals surface area contributed by atoms with Gasteiger partial charge in [-0.1, -0.05) is 24.3 Å². The highest BCUT2D eigenvalue weighted by Gasteiger charge is 2.49. The van der Waals surface area contributed by atoms with Crippen LogP contribution in [0.25, 0.3) is 11.1 Å². The molecule has 1 heterocycles. The van der Waals surface area contributed by atoms with E-state index in [2.05, 4.69) is 5.32 Å². The van der Waals surface area contributed by atoms with E-state index in [1.807, 2.05) is 26.0 Å². The van der Waals surface area contributed by atoms with Gasteiger partial charge < -0.3 is 5.32 Å². The van der Waals surface area contributed by atoms with E-state index in [0.717, 1.165) is 40.9 Å². The zero-order valence-electron chi connectivity index (χ0n) is 15.1. The highest BCUT2D eigenvalue weighted by Crippen LogP contribution is 2.43. The molecule has 2 aromatic carbocycles. The molecule has 3 nitrogen and oxygen atoms in total. The maximum Gasteiger partial charge on any atom is 0.148 e. The van der Waals surface area contributed by atoms with Crippen LogP contribution in [0.2, 0.25) is 0 Å². The van der Waals surface area contributed by atoms with E-state index < -0.39 is 5.92 Å². The van der Waals surface area contributed by atoms with E-state index in [-0.39, 0.29) is 22.8 Å². The Labute approximate surface area is 152 Å². The van der Waals surface area contributed by atoms with E-state index in [0.29, 0.717) is 12.8 Å². The maximum absolute atomic E-state index is 13.2. The first-order chi connectivity index (χ1) is 12.4. The molecule has 26 heavy (non-hydrogen) atoms. The third-order valence-corrected chi connectivity index (χ3v) is 5.80. The minimum atomic E-state index is -0.636. The second-order valence-corrected chi connectivity index (χ2v) is 7.85. The number of benzene rings is 2. The van der Waals surface area contributed by atoms with Crippen LogP contribution in [-0.2, 0) is 9.59 Å². The Kier molecular flexibility index (Phi) is 4.03. The first kappa shape index (κ1) is 17.1. The van der Waals surface area contributed by atoms with Crippen molar-refractivity contribution in [3.63, 3.8) is 0 Å². The lowest BCUT2D eigenvalue weighted by Crippen LogP contribution is -2.58. The molecule has 1 saturated heterocycles. The van der Waals surface area contributed by atoms with Crippen molar-refractivity contribution in [1.82, 2.24) is 5.32 Å². The van der Waals surface area contributed by atoms with Crippen molar-refractivity contribution in [2.75, 3.05) is 13.1 Å². The monoisotopic (exact) mass is 351 g/mol. The standard InChI is InChI=1S/C22H22FNO2/c1-13-7-16(15-3-5-17(23)6-4-15)8-14(2)20(13)21-18(25)9-22(10-19(21)26)11-24-12-22/h3-8,21,24H,9-12H2,1-2H3. The largest absolute Gasteiger partial charge is 0.315 e. The van der Waals surface area contributed by atoms with Crippen LogP contribution >= 0.6 is 0 Å². The van der Waals surface area contributed by atoms with Crippen molar-refractivity contribution in [2.24, 2.45) is 5.41 Å². The maximum atomic E-state index is 13.2. The molecule has 4 heteroatoms. The van der Waals surface area contributed by atoms with Crippen LogP contribution in [0.1, 0.15) is 35.4 Å². The molecule has 0 amide bonds. The minimum Gasteiger partial charge on any atom is -0.315 e. The second-order valence-electron chi connectivity index (χ2n) is 7.85. The average molecular weight is 351 g/mol. The number of carbonyl (C=O) groups excluding carboxylic acids is 2. The number of halogens is 1. The molecule has 1 saturated carbocycles. The Morgan fingerprint density at radius 3 is 1.92 bits per heavy atom. The molecule has 134 valence electrons. The fraction of sp³-hybridized carbons (Fsp3) is 0.364. The van der Waals surface area contributed by atoms with Crippen molar-refractivity contribution in [1.29, 1.82) is 0 Å². The quantitative estimate of drug-likeness (QED) is 0.839.